The lowest BCUT2D eigenvalue weighted by atomic mass is 9.98. The molecule has 0 aromatic heterocycles. The number of carbonyl (C=O) groups excluding carboxylic acids is 1. The fourth-order valence-corrected chi connectivity index (χ4v) is 3.97. The summed E-state index contributed by atoms with van der Waals surface area (Å²) in [6.07, 6.45) is 3.00. The molecule has 0 unspecified atom stereocenters. The second kappa shape index (κ2) is 8.70. The highest BCUT2D eigenvalue weighted by Gasteiger charge is 2.23. The first-order valence-corrected chi connectivity index (χ1v) is 11.4. The van der Waals surface area contributed by atoms with Crippen molar-refractivity contribution in [1.82, 2.24) is 0 Å². The van der Waals surface area contributed by atoms with Crippen molar-refractivity contribution >= 4 is 38.7 Å². The number of non-ortho nitro benzene ring substituents is 1. The van der Waals surface area contributed by atoms with Crippen molar-refractivity contribution < 1.29 is 18.1 Å². The Kier molecular flexibility index (Phi) is 6.25. The number of carbonyl (C=O) groups is 1. The summed E-state index contributed by atoms with van der Waals surface area (Å²) in [5, 5.41) is 14.0. The lowest BCUT2D eigenvalue weighted by Crippen LogP contribution is -2.34. The Bertz CT molecular complexity index is 1060. The molecule has 10 heteroatoms. The summed E-state index contributed by atoms with van der Waals surface area (Å²) in [6, 6.07) is 10.6. The van der Waals surface area contributed by atoms with Gasteiger partial charge in [0.15, 0.2) is 0 Å². The molecule has 1 fully saturated rings. The number of sulfonamides is 1. The molecule has 2 N–H and O–H groups in total. The monoisotopic (exact) mass is 432 g/mol. The van der Waals surface area contributed by atoms with Gasteiger partial charge in [-0.25, -0.2) is 8.42 Å². The van der Waals surface area contributed by atoms with Gasteiger partial charge in [-0.15, -0.1) is 0 Å². The number of hydrogen-bond acceptors (Lipinski definition) is 6. The summed E-state index contributed by atoms with van der Waals surface area (Å²) < 4.78 is 25.2. The molecule has 1 saturated heterocycles. The van der Waals surface area contributed by atoms with Crippen molar-refractivity contribution in [2.45, 2.75) is 19.8 Å². The third-order valence-corrected chi connectivity index (χ3v) is 5.59. The molecule has 0 atom stereocenters. The molecule has 1 heterocycles. The maximum Gasteiger partial charge on any atom is 0.270 e. The van der Waals surface area contributed by atoms with Gasteiger partial charge in [0.2, 0.25) is 10.0 Å². The SMILES string of the molecule is CC1CCN(c2ccc([N+](=O)[O-])cc2C(=O)Nc2cccc(NS(C)(=O)=O)c2)CC1. The molecule has 2 aromatic rings. The minimum atomic E-state index is -3.46. The van der Waals surface area contributed by atoms with Gasteiger partial charge < -0.3 is 10.2 Å². The van der Waals surface area contributed by atoms with E-state index < -0.39 is 20.9 Å². The zero-order chi connectivity index (χ0) is 21.9. The molecule has 1 amide bonds. The minimum absolute atomic E-state index is 0.165. The predicted molar refractivity (Wildman–Crippen MR) is 117 cm³/mol. The van der Waals surface area contributed by atoms with E-state index in [1.807, 2.05) is 0 Å². The first-order chi connectivity index (χ1) is 14.1. The summed E-state index contributed by atoms with van der Waals surface area (Å²) in [6.45, 7) is 3.72. The van der Waals surface area contributed by atoms with E-state index in [1.165, 1.54) is 18.2 Å². The number of anilines is 3. The minimum Gasteiger partial charge on any atom is -0.371 e. The molecular formula is C20H24N4O5S. The largest absolute Gasteiger partial charge is 0.371 e. The number of hydrogen-bond donors (Lipinski definition) is 2. The molecule has 2 aromatic carbocycles. The molecule has 0 aliphatic carbocycles. The van der Waals surface area contributed by atoms with Crippen molar-refractivity contribution in [3.63, 3.8) is 0 Å². The molecule has 160 valence electrons. The molecule has 30 heavy (non-hydrogen) atoms. The molecule has 1 aliphatic heterocycles. The Hall–Kier alpha value is -3.14. The van der Waals surface area contributed by atoms with E-state index in [1.54, 1.807) is 24.3 Å². The predicted octanol–water partition coefficient (Wildman–Crippen LogP) is 3.45. The van der Waals surface area contributed by atoms with Crippen LogP contribution in [0.3, 0.4) is 0 Å². The highest BCUT2D eigenvalue weighted by atomic mass is 32.2. The average Bonchev–Trinajstić information content (AvgIpc) is 2.67. The van der Waals surface area contributed by atoms with Crippen molar-refractivity contribution in [3.8, 4) is 0 Å². The summed E-state index contributed by atoms with van der Waals surface area (Å²) in [4.78, 5) is 25.8. The third-order valence-electron chi connectivity index (χ3n) is 4.98. The normalized spacial score (nSPS) is 14.9. The number of nitro benzene ring substituents is 1. The first kappa shape index (κ1) is 21.6. The Labute approximate surface area is 175 Å². The number of benzene rings is 2. The fourth-order valence-electron chi connectivity index (χ4n) is 3.42. The van der Waals surface area contributed by atoms with Crippen LogP contribution in [0.1, 0.15) is 30.1 Å². The van der Waals surface area contributed by atoms with E-state index in [0.717, 1.165) is 32.2 Å². The smallest absolute Gasteiger partial charge is 0.270 e. The van der Waals surface area contributed by atoms with E-state index in [2.05, 4.69) is 21.9 Å². The lowest BCUT2D eigenvalue weighted by molar-refractivity contribution is -0.384. The van der Waals surface area contributed by atoms with E-state index in [9.17, 15) is 23.3 Å². The second-order valence-electron chi connectivity index (χ2n) is 7.54. The van der Waals surface area contributed by atoms with Crippen molar-refractivity contribution in [2.24, 2.45) is 5.92 Å². The first-order valence-electron chi connectivity index (χ1n) is 9.55. The van der Waals surface area contributed by atoms with E-state index in [4.69, 9.17) is 0 Å². The number of piperidine rings is 1. The summed E-state index contributed by atoms with van der Waals surface area (Å²) in [7, 11) is -3.46. The topological polar surface area (TPSA) is 122 Å². The zero-order valence-electron chi connectivity index (χ0n) is 16.8. The van der Waals surface area contributed by atoms with Crippen molar-refractivity contribution in [3.05, 3.63) is 58.1 Å². The Morgan fingerprint density at radius 1 is 1.13 bits per heavy atom. The molecule has 1 aliphatic rings. The van der Waals surface area contributed by atoms with Crippen molar-refractivity contribution in [2.75, 3.05) is 34.3 Å². The van der Waals surface area contributed by atoms with Crippen LogP contribution < -0.4 is 14.9 Å². The summed E-state index contributed by atoms with van der Waals surface area (Å²) in [5.41, 5.74) is 1.37. The van der Waals surface area contributed by atoms with Gasteiger partial charge in [0.25, 0.3) is 11.6 Å². The number of amides is 1. The molecule has 0 saturated carbocycles. The van der Waals surface area contributed by atoms with E-state index >= 15 is 0 Å². The van der Waals surface area contributed by atoms with Crippen LogP contribution in [0.15, 0.2) is 42.5 Å². The summed E-state index contributed by atoms with van der Waals surface area (Å²) >= 11 is 0. The van der Waals surface area contributed by atoms with Crippen LogP contribution in [0.2, 0.25) is 0 Å². The number of nitrogens with zero attached hydrogens (tertiary/aromatic N) is 2. The van der Waals surface area contributed by atoms with E-state index in [-0.39, 0.29) is 11.3 Å². The molecule has 9 nitrogen and oxygen atoms in total. The summed E-state index contributed by atoms with van der Waals surface area (Å²) in [5.74, 6) is 0.102. The highest BCUT2D eigenvalue weighted by Crippen LogP contribution is 2.30. The average molecular weight is 433 g/mol. The number of nitrogens with one attached hydrogen (secondary N) is 2. The molecule has 3 rings (SSSR count). The van der Waals surface area contributed by atoms with Crippen LogP contribution in [-0.2, 0) is 10.0 Å². The quantitative estimate of drug-likeness (QED) is 0.533. The number of rotatable bonds is 6. The molecule has 0 bridgehead atoms. The maximum atomic E-state index is 13.0. The molecule has 0 spiro atoms. The second-order valence-corrected chi connectivity index (χ2v) is 9.29. The van der Waals surface area contributed by atoms with Crippen LogP contribution >= 0.6 is 0 Å². The third kappa shape index (κ3) is 5.47. The fraction of sp³-hybridized carbons (Fsp3) is 0.350. The van der Waals surface area contributed by atoms with Gasteiger partial charge in [-0.2, -0.15) is 0 Å². The Morgan fingerprint density at radius 3 is 2.43 bits per heavy atom. The van der Waals surface area contributed by atoms with Gasteiger partial charge in [-0.1, -0.05) is 13.0 Å². The number of nitro groups is 1. The van der Waals surface area contributed by atoms with Crippen molar-refractivity contribution in [1.29, 1.82) is 0 Å². The highest BCUT2D eigenvalue weighted by molar-refractivity contribution is 7.92. The van der Waals surface area contributed by atoms with Crippen LogP contribution in [0.25, 0.3) is 0 Å². The van der Waals surface area contributed by atoms with Gasteiger partial charge in [0.1, 0.15) is 0 Å². The van der Waals surface area contributed by atoms with E-state index in [0.29, 0.717) is 23.0 Å². The van der Waals surface area contributed by atoms with Crippen LogP contribution in [0.5, 0.6) is 0 Å². The maximum absolute atomic E-state index is 13.0. The van der Waals surface area contributed by atoms with Gasteiger partial charge in [-0.3, -0.25) is 19.6 Å². The standard InChI is InChI=1S/C20H24N4O5S/c1-14-8-10-23(11-9-14)19-7-6-17(24(26)27)13-18(19)20(25)21-15-4-3-5-16(12-15)22-30(2,28)29/h3-7,12-14,22H,8-11H2,1-2H3,(H,21,25). The van der Waals surface area contributed by atoms with Crippen LogP contribution in [-0.4, -0.2) is 38.6 Å². The Balaban J connectivity index is 1.89. The van der Waals surface area contributed by atoms with Crippen LogP contribution in [0, 0.1) is 16.0 Å². The van der Waals surface area contributed by atoms with Gasteiger partial charge in [0.05, 0.1) is 28.1 Å². The molecular weight excluding hydrogens is 408 g/mol. The zero-order valence-corrected chi connectivity index (χ0v) is 17.6. The van der Waals surface area contributed by atoms with Gasteiger partial charge >= 0.3 is 0 Å². The van der Waals surface area contributed by atoms with Gasteiger partial charge in [0, 0.05) is 30.9 Å². The Morgan fingerprint density at radius 2 is 1.80 bits per heavy atom. The lowest BCUT2D eigenvalue weighted by Gasteiger charge is -2.33. The van der Waals surface area contributed by atoms with Crippen LogP contribution in [0.4, 0.5) is 22.7 Å². The van der Waals surface area contributed by atoms with Gasteiger partial charge in [-0.05, 0) is 43.0 Å². The molecule has 0 radical (unpaired) electrons.